The molecule has 0 fully saturated rings. The minimum Gasteiger partial charge on any atom is -0.466 e. The Balaban J connectivity index is 1.81. The van der Waals surface area contributed by atoms with E-state index >= 15 is 0 Å². The number of aryl methyl sites for hydroxylation is 1. The van der Waals surface area contributed by atoms with Crippen molar-refractivity contribution >= 4 is 34.9 Å². The molecule has 2 aromatic rings. The summed E-state index contributed by atoms with van der Waals surface area (Å²) in [7, 11) is 3.16. The van der Waals surface area contributed by atoms with E-state index in [0.29, 0.717) is 21.9 Å². The van der Waals surface area contributed by atoms with Crippen LogP contribution in [0, 0.1) is 0 Å². The Bertz CT molecular complexity index is 997. The molecule has 1 heterocycles. The number of carbonyl (C=O) groups excluding carboxylic acids is 2. The van der Waals surface area contributed by atoms with Crippen LogP contribution >= 0.6 is 12.2 Å². The molecule has 0 aliphatic carbocycles. The molecule has 0 aromatic heterocycles. The lowest BCUT2D eigenvalue weighted by atomic mass is 9.95. The van der Waals surface area contributed by atoms with Crippen LogP contribution in [-0.2, 0) is 16.0 Å². The summed E-state index contributed by atoms with van der Waals surface area (Å²) in [6, 6.07) is 14.5. The van der Waals surface area contributed by atoms with Gasteiger partial charge in [0, 0.05) is 24.0 Å². The Labute approximate surface area is 181 Å². The highest BCUT2D eigenvalue weighted by molar-refractivity contribution is 7.80. The average Bonchev–Trinajstić information content (AvgIpc) is 2.77. The normalized spacial score (nSPS) is 16.2. The summed E-state index contributed by atoms with van der Waals surface area (Å²) in [5, 5.41) is 6.61. The number of rotatable bonds is 5. The number of amides is 1. The van der Waals surface area contributed by atoms with Crippen molar-refractivity contribution in [1.82, 2.24) is 10.2 Å². The van der Waals surface area contributed by atoms with Gasteiger partial charge in [0.15, 0.2) is 5.11 Å². The van der Waals surface area contributed by atoms with Gasteiger partial charge in [-0.25, -0.2) is 4.79 Å². The standard InChI is InChI=1S/C23H25N3O3S/c1-5-15-6-8-17(9-7-15)21(27)24-18-12-10-16(11-13-18)20-19(22(28)29-4)14(2)26(3)23(30)25-20/h6-13,20H,5H2,1-4H3,(H,24,27)(H,25,30)/t20-/m0/s1. The number of hydrogen-bond acceptors (Lipinski definition) is 4. The van der Waals surface area contributed by atoms with E-state index in [1.54, 1.807) is 24.1 Å². The number of methoxy groups -OCH3 is 1. The Hall–Kier alpha value is -3.19. The number of carbonyl (C=O) groups is 2. The van der Waals surface area contributed by atoms with E-state index in [4.69, 9.17) is 17.0 Å². The molecule has 0 unspecified atom stereocenters. The van der Waals surface area contributed by atoms with Crippen molar-refractivity contribution < 1.29 is 14.3 Å². The smallest absolute Gasteiger partial charge is 0.337 e. The van der Waals surface area contributed by atoms with Crippen LogP contribution in [0.2, 0.25) is 0 Å². The second-order valence-electron chi connectivity index (χ2n) is 7.06. The van der Waals surface area contributed by atoms with Crippen molar-refractivity contribution in [3.63, 3.8) is 0 Å². The summed E-state index contributed by atoms with van der Waals surface area (Å²) in [5.41, 5.74) is 4.54. The van der Waals surface area contributed by atoms with Crippen LogP contribution in [0.15, 0.2) is 59.8 Å². The highest BCUT2D eigenvalue weighted by Crippen LogP contribution is 2.31. The molecule has 1 atom stereocenters. The van der Waals surface area contributed by atoms with Crippen LogP contribution in [0.5, 0.6) is 0 Å². The molecule has 1 aliphatic heterocycles. The Morgan fingerprint density at radius 1 is 1.13 bits per heavy atom. The number of nitrogens with zero attached hydrogens (tertiary/aromatic N) is 1. The first-order valence-corrected chi connectivity index (χ1v) is 10.1. The molecular weight excluding hydrogens is 398 g/mol. The number of hydrogen-bond donors (Lipinski definition) is 2. The fourth-order valence-electron chi connectivity index (χ4n) is 3.31. The topological polar surface area (TPSA) is 70.7 Å². The Morgan fingerprint density at radius 2 is 1.77 bits per heavy atom. The Morgan fingerprint density at radius 3 is 2.33 bits per heavy atom. The minimum atomic E-state index is -0.424. The van der Waals surface area contributed by atoms with Crippen molar-refractivity contribution in [2.45, 2.75) is 26.3 Å². The van der Waals surface area contributed by atoms with E-state index in [0.717, 1.165) is 17.7 Å². The zero-order chi connectivity index (χ0) is 21.8. The SMILES string of the molecule is CCc1ccc(C(=O)Nc2ccc([C@@H]3NC(=S)N(C)C(C)=C3C(=O)OC)cc2)cc1. The predicted molar refractivity (Wildman–Crippen MR) is 121 cm³/mol. The lowest BCUT2D eigenvalue weighted by Crippen LogP contribution is -2.46. The summed E-state index contributed by atoms with van der Waals surface area (Å²) >= 11 is 5.38. The van der Waals surface area contributed by atoms with Crippen molar-refractivity contribution in [3.05, 3.63) is 76.5 Å². The molecule has 2 aromatic carbocycles. The van der Waals surface area contributed by atoms with Gasteiger partial charge in [-0.2, -0.15) is 0 Å². The highest BCUT2D eigenvalue weighted by Gasteiger charge is 2.33. The van der Waals surface area contributed by atoms with Gasteiger partial charge < -0.3 is 20.3 Å². The molecule has 0 saturated heterocycles. The maximum atomic E-state index is 12.5. The molecule has 2 N–H and O–H groups in total. The second-order valence-corrected chi connectivity index (χ2v) is 7.45. The molecule has 0 radical (unpaired) electrons. The average molecular weight is 424 g/mol. The lowest BCUT2D eigenvalue weighted by Gasteiger charge is -2.35. The predicted octanol–water partition coefficient (Wildman–Crippen LogP) is 3.81. The molecule has 0 saturated carbocycles. The molecule has 7 heteroatoms. The monoisotopic (exact) mass is 423 g/mol. The molecule has 156 valence electrons. The van der Waals surface area contributed by atoms with Crippen molar-refractivity contribution in [2.75, 3.05) is 19.5 Å². The fourth-order valence-corrected chi connectivity index (χ4v) is 3.57. The van der Waals surface area contributed by atoms with Gasteiger partial charge >= 0.3 is 5.97 Å². The summed E-state index contributed by atoms with van der Waals surface area (Å²) < 4.78 is 4.97. The molecule has 1 aliphatic rings. The van der Waals surface area contributed by atoms with Gasteiger partial charge in [-0.3, -0.25) is 4.79 Å². The van der Waals surface area contributed by atoms with Crippen molar-refractivity contribution in [3.8, 4) is 0 Å². The molecule has 3 rings (SSSR count). The molecule has 0 spiro atoms. The van der Waals surface area contributed by atoms with Crippen LogP contribution in [0.4, 0.5) is 5.69 Å². The van der Waals surface area contributed by atoms with E-state index in [1.165, 1.54) is 12.7 Å². The number of ether oxygens (including phenoxy) is 1. The van der Waals surface area contributed by atoms with E-state index in [1.807, 2.05) is 43.3 Å². The largest absolute Gasteiger partial charge is 0.466 e. The number of anilines is 1. The number of thiocarbonyl (C=S) groups is 1. The zero-order valence-corrected chi connectivity index (χ0v) is 18.3. The van der Waals surface area contributed by atoms with Crippen LogP contribution in [0.25, 0.3) is 0 Å². The van der Waals surface area contributed by atoms with Crippen LogP contribution in [0.3, 0.4) is 0 Å². The lowest BCUT2D eigenvalue weighted by molar-refractivity contribution is -0.136. The number of esters is 1. The first-order valence-electron chi connectivity index (χ1n) is 9.69. The quantitative estimate of drug-likeness (QED) is 0.563. The minimum absolute atomic E-state index is 0.171. The van der Waals surface area contributed by atoms with Gasteiger partial charge in [0.05, 0.1) is 18.7 Å². The number of allylic oxidation sites excluding steroid dienone is 1. The summed E-state index contributed by atoms with van der Waals surface area (Å²) in [5.74, 6) is -0.581. The molecule has 6 nitrogen and oxygen atoms in total. The Kier molecular flexibility index (Phi) is 6.52. The maximum absolute atomic E-state index is 12.5. The van der Waals surface area contributed by atoms with E-state index in [9.17, 15) is 9.59 Å². The van der Waals surface area contributed by atoms with Gasteiger partial charge in [-0.15, -0.1) is 0 Å². The van der Waals surface area contributed by atoms with Gasteiger partial charge in [-0.1, -0.05) is 31.2 Å². The third kappa shape index (κ3) is 4.36. The maximum Gasteiger partial charge on any atom is 0.337 e. The zero-order valence-electron chi connectivity index (χ0n) is 17.5. The summed E-state index contributed by atoms with van der Waals surface area (Å²) in [4.78, 5) is 26.6. The molecular formula is C23H25N3O3S. The third-order valence-electron chi connectivity index (χ3n) is 5.29. The van der Waals surface area contributed by atoms with E-state index < -0.39 is 12.0 Å². The summed E-state index contributed by atoms with van der Waals surface area (Å²) in [6.07, 6.45) is 0.930. The van der Waals surface area contributed by atoms with Crippen LogP contribution in [0.1, 0.15) is 41.4 Å². The first-order chi connectivity index (χ1) is 14.3. The van der Waals surface area contributed by atoms with Gasteiger partial charge in [0.25, 0.3) is 5.91 Å². The van der Waals surface area contributed by atoms with Gasteiger partial charge in [-0.05, 0) is 61.0 Å². The van der Waals surface area contributed by atoms with Crippen molar-refractivity contribution in [1.29, 1.82) is 0 Å². The first kappa shape index (κ1) is 21.5. The van der Waals surface area contributed by atoms with Gasteiger partial charge in [0.1, 0.15) is 0 Å². The van der Waals surface area contributed by atoms with Crippen LogP contribution < -0.4 is 10.6 Å². The molecule has 30 heavy (non-hydrogen) atoms. The van der Waals surface area contributed by atoms with E-state index in [2.05, 4.69) is 17.6 Å². The van der Waals surface area contributed by atoms with Crippen molar-refractivity contribution in [2.24, 2.45) is 0 Å². The van der Waals surface area contributed by atoms with Gasteiger partial charge in [0.2, 0.25) is 0 Å². The summed E-state index contributed by atoms with van der Waals surface area (Å²) in [6.45, 7) is 3.91. The van der Waals surface area contributed by atoms with E-state index in [-0.39, 0.29) is 5.91 Å². The number of benzene rings is 2. The highest BCUT2D eigenvalue weighted by atomic mass is 32.1. The molecule has 1 amide bonds. The fraction of sp³-hybridized carbons (Fsp3) is 0.261. The second kappa shape index (κ2) is 9.09. The van der Waals surface area contributed by atoms with Crippen LogP contribution in [-0.4, -0.2) is 36.0 Å². The third-order valence-corrected chi connectivity index (χ3v) is 5.68. The number of nitrogens with one attached hydrogen (secondary N) is 2. The molecule has 0 bridgehead atoms.